The minimum atomic E-state index is -3.56. The van der Waals surface area contributed by atoms with E-state index in [0.29, 0.717) is 0 Å². The predicted molar refractivity (Wildman–Crippen MR) is 101 cm³/mol. The number of sulfone groups is 1. The minimum absolute atomic E-state index is 0.0648. The molecular formula is C19H21ClFNO3S. The molecule has 140 valence electrons. The first-order chi connectivity index (χ1) is 11.9. The molecule has 1 N–H and O–H groups in total. The highest BCUT2D eigenvalue weighted by molar-refractivity contribution is 7.90. The van der Waals surface area contributed by atoms with Crippen molar-refractivity contribution < 1.29 is 17.6 Å². The normalized spacial score (nSPS) is 13.3. The van der Waals surface area contributed by atoms with Gasteiger partial charge in [0.1, 0.15) is 5.82 Å². The number of amides is 1. The van der Waals surface area contributed by atoms with Crippen molar-refractivity contribution in [1.82, 2.24) is 5.32 Å². The lowest BCUT2D eigenvalue weighted by Gasteiger charge is -2.32. The van der Waals surface area contributed by atoms with E-state index in [9.17, 15) is 17.6 Å². The van der Waals surface area contributed by atoms with E-state index >= 15 is 0 Å². The lowest BCUT2D eigenvalue weighted by atomic mass is 9.82. The third kappa shape index (κ3) is 4.83. The van der Waals surface area contributed by atoms with Crippen LogP contribution in [0.2, 0.25) is 5.02 Å². The van der Waals surface area contributed by atoms with Crippen LogP contribution in [0.5, 0.6) is 0 Å². The van der Waals surface area contributed by atoms with Crippen molar-refractivity contribution in [3.8, 4) is 0 Å². The average Bonchev–Trinajstić information content (AvgIpc) is 2.51. The van der Waals surface area contributed by atoms with Crippen LogP contribution >= 0.6 is 11.6 Å². The summed E-state index contributed by atoms with van der Waals surface area (Å²) in [7, 11) is -3.56. The van der Waals surface area contributed by atoms with Gasteiger partial charge >= 0.3 is 0 Å². The second kappa shape index (κ2) is 7.37. The Morgan fingerprint density at radius 1 is 1.12 bits per heavy atom. The van der Waals surface area contributed by atoms with Gasteiger partial charge in [-0.3, -0.25) is 4.79 Å². The van der Waals surface area contributed by atoms with Gasteiger partial charge in [-0.05, 0) is 41.3 Å². The fourth-order valence-electron chi connectivity index (χ4n) is 2.60. The number of hydrogen-bond donors (Lipinski definition) is 1. The van der Waals surface area contributed by atoms with Crippen molar-refractivity contribution in [1.29, 1.82) is 0 Å². The van der Waals surface area contributed by atoms with E-state index in [1.165, 1.54) is 30.3 Å². The summed E-state index contributed by atoms with van der Waals surface area (Å²) in [6.45, 7) is 5.85. The van der Waals surface area contributed by atoms with E-state index in [2.05, 4.69) is 5.32 Å². The van der Waals surface area contributed by atoms with Crippen LogP contribution in [0, 0.1) is 11.2 Å². The lowest BCUT2D eigenvalue weighted by Crippen LogP contribution is -2.36. The smallest absolute Gasteiger partial charge is 0.251 e. The number of benzene rings is 2. The Labute approximate surface area is 158 Å². The fourth-order valence-corrected chi connectivity index (χ4v) is 3.90. The Kier molecular flexibility index (Phi) is 5.78. The van der Waals surface area contributed by atoms with Gasteiger partial charge < -0.3 is 5.32 Å². The SMILES string of the molecule is CC(C)(C)C(NC(=O)c1ccc(Cl)c(S(C)(=O)=O)c1)c1ccc(F)cc1. The first-order valence-corrected chi connectivity index (χ1v) is 10.2. The number of nitrogens with one attached hydrogen (secondary N) is 1. The zero-order valence-corrected chi connectivity index (χ0v) is 16.6. The predicted octanol–water partition coefficient (Wildman–Crippen LogP) is 4.40. The maximum atomic E-state index is 13.2. The Balaban J connectivity index is 2.38. The molecule has 0 aliphatic carbocycles. The molecule has 1 amide bonds. The highest BCUT2D eigenvalue weighted by Gasteiger charge is 2.28. The molecule has 0 radical (unpaired) electrons. The molecule has 2 rings (SSSR count). The molecule has 2 aromatic carbocycles. The summed E-state index contributed by atoms with van der Waals surface area (Å²) in [5.41, 5.74) is 0.593. The summed E-state index contributed by atoms with van der Waals surface area (Å²) >= 11 is 5.93. The largest absolute Gasteiger partial charge is 0.345 e. The van der Waals surface area contributed by atoms with Gasteiger partial charge in [0.2, 0.25) is 0 Å². The molecule has 0 saturated carbocycles. The van der Waals surface area contributed by atoms with Gasteiger partial charge in [0.25, 0.3) is 5.91 Å². The summed E-state index contributed by atoms with van der Waals surface area (Å²) < 4.78 is 36.8. The van der Waals surface area contributed by atoms with Crippen LogP contribution < -0.4 is 5.32 Å². The summed E-state index contributed by atoms with van der Waals surface area (Å²) in [5, 5.41) is 2.97. The van der Waals surface area contributed by atoms with E-state index in [1.54, 1.807) is 12.1 Å². The van der Waals surface area contributed by atoms with E-state index in [-0.39, 0.29) is 26.7 Å². The van der Waals surface area contributed by atoms with Gasteiger partial charge in [-0.15, -0.1) is 0 Å². The lowest BCUT2D eigenvalue weighted by molar-refractivity contribution is 0.0901. The van der Waals surface area contributed by atoms with Crippen LogP contribution in [0.15, 0.2) is 47.4 Å². The molecule has 0 heterocycles. The molecule has 1 unspecified atom stereocenters. The van der Waals surface area contributed by atoms with Gasteiger partial charge in [-0.2, -0.15) is 0 Å². The molecule has 0 aliphatic rings. The third-order valence-electron chi connectivity index (χ3n) is 3.94. The highest BCUT2D eigenvalue weighted by atomic mass is 35.5. The maximum absolute atomic E-state index is 13.2. The molecule has 0 fully saturated rings. The van der Waals surface area contributed by atoms with Crippen LogP contribution in [0.3, 0.4) is 0 Å². The molecule has 0 saturated heterocycles. The summed E-state index contributed by atoms with van der Waals surface area (Å²) in [6.07, 6.45) is 1.03. The van der Waals surface area contributed by atoms with E-state index < -0.39 is 21.8 Å². The minimum Gasteiger partial charge on any atom is -0.345 e. The van der Waals surface area contributed by atoms with Crippen LogP contribution in [-0.4, -0.2) is 20.6 Å². The molecule has 0 spiro atoms. The second-order valence-corrected chi connectivity index (χ2v) is 9.63. The molecular weight excluding hydrogens is 377 g/mol. The van der Waals surface area contributed by atoms with Gasteiger partial charge in [-0.1, -0.05) is 44.5 Å². The molecule has 4 nitrogen and oxygen atoms in total. The zero-order valence-electron chi connectivity index (χ0n) is 15.0. The van der Waals surface area contributed by atoms with Crippen molar-refractivity contribution in [3.05, 3.63) is 64.4 Å². The third-order valence-corrected chi connectivity index (χ3v) is 5.52. The number of halogens is 2. The standard InChI is InChI=1S/C19H21ClFNO3S/c1-19(2,3)17(12-5-8-14(21)9-6-12)22-18(23)13-7-10-15(20)16(11-13)26(4,24)25/h5-11,17H,1-4H3,(H,22,23). The van der Waals surface area contributed by atoms with Gasteiger partial charge in [-0.25, -0.2) is 12.8 Å². The van der Waals surface area contributed by atoms with Crippen LogP contribution in [0.25, 0.3) is 0 Å². The molecule has 0 aromatic heterocycles. The zero-order chi connectivity index (χ0) is 19.7. The van der Waals surface area contributed by atoms with Gasteiger partial charge in [0.05, 0.1) is 16.0 Å². The first-order valence-electron chi connectivity index (χ1n) is 7.95. The highest BCUT2D eigenvalue weighted by Crippen LogP contribution is 2.33. The Morgan fingerprint density at radius 2 is 1.69 bits per heavy atom. The number of rotatable bonds is 4. The number of carbonyl (C=O) groups excluding carboxylic acids is 1. The van der Waals surface area contributed by atoms with Crippen molar-refractivity contribution in [2.24, 2.45) is 5.41 Å². The Morgan fingerprint density at radius 3 is 2.19 bits per heavy atom. The summed E-state index contributed by atoms with van der Waals surface area (Å²) in [6, 6.07) is 9.64. The van der Waals surface area contributed by atoms with Crippen LogP contribution in [0.1, 0.15) is 42.7 Å². The van der Waals surface area contributed by atoms with Crippen molar-refractivity contribution in [2.45, 2.75) is 31.7 Å². The van der Waals surface area contributed by atoms with E-state index in [4.69, 9.17) is 11.6 Å². The van der Waals surface area contributed by atoms with Gasteiger partial charge in [0, 0.05) is 11.8 Å². The molecule has 0 aliphatic heterocycles. The average molecular weight is 398 g/mol. The van der Waals surface area contributed by atoms with Crippen molar-refractivity contribution >= 4 is 27.3 Å². The topological polar surface area (TPSA) is 63.2 Å². The Hall–Kier alpha value is -1.92. The molecule has 7 heteroatoms. The summed E-state index contributed by atoms with van der Waals surface area (Å²) in [5.74, 6) is -0.793. The molecule has 26 heavy (non-hydrogen) atoms. The van der Waals surface area contributed by atoms with E-state index in [0.717, 1.165) is 11.8 Å². The molecule has 2 aromatic rings. The maximum Gasteiger partial charge on any atom is 0.251 e. The molecule has 0 bridgehead atoms. The van der Waals surface area contributed by atoms with Crippen molar-refractivity contribution in [3.63, 3.8) is 0 Å². The fraction of sp³-hybridized carbons (Fsp3) is 0.316. The van der Waals surface area contributed by atoms with Crippen LogP contribution in [-0.2, 0) is 9.84 Å². The van der Waals surface area contributed by atoms with Gasteiger partial charge in [0.15, 0.2) is 9.84 Å². The summed E-state index contributed by atoms with van der Waals surface area (Å²) in [4.78, 5) is 12.6. The Bertz CT molecular complexity index is 919. The van der Waals surface area contributed by atoms with Crippen LogP contribution in [0.4, 0.5) is 4.39 Å². The second-order valence-electron chi connectivity index (χ2n) is 7.24. The first kappa shape index (κ1) is 20.4. The quantitative estimate of drug-likeness (QED) is 0.831. The molecule has 1 atom stereocenters. The monoisotopic (exact) mass is 397 g/mol. The number of hydrogen-bond acceptors (Lipinski definition) is 3. The number of carbonyl (C=O) groups is 1. The van der Waals surface area contributed by atoms with Crippen molar-refractivity contribution in [2.75, 3.05) is 6.26 Å². The van der Waals surface area contributed by atoms with E-state index in [1.807, 2.05) is 20.8 Å².